The first-order chi connectivity index (χ1) is 15.6. The third-order valence-corrected chi connectivity index (χ3v) is 6.61. The van der Waals surface area contributed by atoms with Crippen LogP contribution in [-0.4, -0.2) is 49.1 Å². The van der Waals surface area contributed by atoms with Gasteiger partial charge in [0.05, 0.1) is 6.61 Å². The lowest BCUT2D eigenvalue weighted by Crippen LogP contribution is -2.40. The summed E-state index contributed by atoms with van der Waals surface area (Å²) < 4.78 is 19.0. The first-order valence-corrected chi connectivity index (χ1v) is 11.8. The third-order valence-electron chi connectivity index (χ3n) is 6.61. The van der Waals surface area contributed by atoms with Crippen molar-refractivity contribution in [1.82, 2.24) is 10.2 Å². The van der Waals surface area contributed by atoms with Crippen molar-refractivity contribution in [2.24, 2.45) is 0 Å². The lowest BCUT2D eigenvalue weighted by molar-refractivity contribution is -0.117. The second-order valence-corrected chi connectivity index (χ2v) is 8.94. The molecule has 2 fully saturated rings. The summed E-state index contributed by atoms with van der Waals surface area (Å²) in [5.74, 6) is 0.780. The minimum Gasteiger partial charge on any atom is -0.494 e. The van der Waals surface area contributed by atoms with Crippen LogP contribution in [0.2, 0.25) is 0 Å². The Kier molecular flexibility index (Phi) is 7.76. The van der Waals surface area contributed by atoms with E-state index in [9.17, 15) is 9.18 Å². The van der Waals surface area contributed by atoms with Gasteiger partial charge in [0.15, 0.2) is 0 Å². The van der Waals surface area contributed by atoms with Gasteiger partial charge in [0.1, 0.15) is 11.6 Å². The van der Waals surface area contributed by atoms with Crippen molar-refractivity contribution in [2.45, 2.75) is 57.7 Å². The number of halogens is 1. The van der Waals surface area contributed by atoms with Crippen LogP contribution in [-0.2, 0) is 11.3 Å². The van der Waals surface area contributed by atoms with E-state index in [1.807, 2.05) is 29.2 Å². The Morgan fingerprint density at radius 2 is 1.88 bits per heavy atom. The van der Waals surface area contributed by atoms with Gasteiger partial charge in [0.25, 0.3) is 0 Å². The van der Waals surface area contributed by atoms with Crippen molar-refractivity contribution in [3.63, 3.8) is 0 Å². The molecule has 1 N–H and O–H groups in total. The molecule has 0 bridgehead atoms. The first kappa shape index (κ1) is 22.7. The number of anilines is 1. The van der Waals surface area contributed by atoms with Crippen LogP contribution in [0.15, 0.2) is 48.5 Å². The number of hydrogen-bond donors (Lipinski definition) is 1. The van der Waals surface area contributed by atoms with Crippen molar-refractivity contribution in [2.75, 3.05) is 31.1 Å². The highest BCUT2D eigenvalue weighted by atomic mass is 19.1. The summed E-state index contributed by atoms with van der Waals surface area (Å²) in [5.41, 5.74) is 1.95. The number of likely N-dealkylation sites (tertiary alicyclic amines) is 1. The number of benzene rings is 2. The first-order valence-electron chi connectivity index (χ1n) is 11.8. The summed E-state index contributed by atoms with van der Waals surface area (Å²) >= 11 is 0. The smallest absolute Gasteiger partial charge is 0.227 e. The summed E-state index contributed by atoms with van der Waals surface area (Å²) in [6.07, 6.45) is 5.04. The molecule has 1 amide bonds. The molecule has 32 heavy (non-hydrogen) atoms. The number of ether oxygens (including phenoxy) is 1. The van der Waals surface area contributed by atoms with Gasteiger partial charge >= 0.3 is 0 Å². The number of nitrogens with one attached hydrogen (secondary N) is 1. The lowest BCUT2D eigenvalue weighted by Gasteiger charge is -2.25. The summed E-state index contributed by atoms with van der Waals surface area (Å²) in [7, 11) is 0. The number of carbonyl (C=O) groups excluding carboxylic acids is 1. The van der Waals surface area contributed by atoms with Crippen LogP contribution < -0.4 is 15.0 Å². The van der Waals surface area contributed by atoms with Gasteiger partial charge in [-0.05, 0) is 81.1 Å². The average Bonchev–Trinajstić information content (AvgIpc) is 3.38. The van der Waals surface area contributed by atoms with Crippen molar-refractivity contribution in [1.29, 1.82) is 0 Å². The fourth-order valence-corrected chi connectivity index (χ4v) is 4.76. The fourth-order valence-electron chi connectivity index (χ4n) is 4.76. The number of nitrogens with zero attached hydrogens (tertiary/aromatic N) is 2. The molecule has 0 spiro atoms. The molecule has 2 aliphatic rings. The van der Waals surface area contributed by atoms with Crippen LogP contribution in [0.1, 0.15) is 44.6 Å². The molecule has 0 radical (unpaired) electrons. The number of carbonyl (C=O) groups is 1. The van der Waals surface area contributed by atoms with Crippen molar-refractivity contribution < 1.29 is 13.9 Å². The van der Waals surface area contributed by atoms with Crippen molar-refractivity contribution in [3.05, 3.63) is 59.9 Å². The van der Waals surface area contributed by atoms with E-state index in [0.29, 0.717) is 32.2 Å². The van der Waals surface area contributed by atoms with Crippen molar-refractivity contribution >= 4 is 11.6 Å². The predicted molar refractivity (Wildman–Crippen MR) is 125 cm³/mol. The monoisotopic (exact) mass is 439 g/mol. The number of amides is 1. The molecule has 2 aliphatic heterocycles. The standard InChI is InChI=1S/C26H34FN3O2/c1-20-4-2-15-29(20)16-3-17-32-25-12-9-23(10-13-25)30-24(11-14-26(30)31)19-28-18-21-5-7-22(27)8-6-21/h5-10,12-13,20,24,28H,2-4,11,14-19H2,1H3. The third kappa shape index (κ3) is 5.87. The van der Waals surface area contributed by atoms with Gasteiger partial charge in [-0.15, -0.1) is 0 Å². The Morgan fingerprint density at radius 1 is 1.09 bits per heavy atom. The Bertz CT molecular complexity index is 872. The van der Waals surface area contributed by atoms with E-state index < -0.39 is 0 Å². The second-order valence-electron chi connectivity index (χ2n) is 8.94. The Balaban J connectivity index is 1.24. The van der Waals surface area contributed by atoms with Gasteiger partial charge < -0.3 is 19.9 Å². The summed E-state index contributed by atoms with van der Waals surface area (Å²) in [6.45, 7) is 6.67. The summed E-state index contributed by atoms with van der Waals surface area (Å²) in [6, 6.07) is 15.2. The highest BCUT2D eigenvalue weighted by Crippen LogP contribution is 2.28. The molecule has 0 aromatic heterocycles. The van der Waals surface area contributed by atoms with Gasteiger partial charge in [-0.1, -0.05) is 12.1 Å². The van der Waals surface area contributed by atoms with Crippen LogP contribution in [0.3, 0.4) is 0 Å². The number of hydrogen-bond acceptors (Lipinski definition) is 4. The topological polar surface area (TPSA) is 44.8 Å². The number of rotatable bonds is 10. The van der Waals surface area contributed by atoms with E-state index in [4.69, 9.17) is 4.74 Å². The van der Waals surface area contributed by atoms with Crippen LogP contribution in [0.5, 0.6) is 5.75 Å². The molecular formula is C26H34FN3O2. The quantitative estimate of drug-likeness (QED) is 0.559. The van der Waals surface area contributed by atoms with E-state index in [2.05, 4.69) is 17.1 Å². The van der Waals surface area contributed by atoms with Crippen LogP contribution >= 0.6 is 0 Å². The molecule has 0 aliphatic carbocycles. The van der Waals surface area contributed by atoms with Crippen LogP contribution in [0.4, 0.5) is 10.1 Å². The van der Waals surface area contributed by atoms with Crippen molar-refractivity contribution in [3.8, 4) is 5.75 Å². The van der Waals surface area contributed by atoms with E-state index >= 15 is 0 Å². The maximum absolute atomic E-state index is 13.1. The molecule has 4 rings (SSSR count). The van der Waals surface area contributed by atoms with Gasteiger partial charge in [-0.25, -0.2) is 4.39 Å². The molecule has 6 heteroatoms. The van der Waals surface area contributed by atoms with Crippen LogP contribution in [0, 0.1) is 5.82 Å². The maximum Gasteiger partial charge on any atom is 0.227 e. The molecule has 172 valence electrons. The van der Waals surface area contributed by atoms with Gasteiger partial charge in [-0.2, -0.15) is 0 Å². The van der Waals surface area contributed by atoms with E-state index in [0.717, 1.165) is 36.4 Å². The summed E-state index contributed by atoms with van der Waals surface area (Å²) in [4.78, 5) is 17.0. The molecular weight excluding hydrogens is 405 g/mol. The molecule has 2 aromatic rings. The second kappa shape index (κ2) is 10.9. The molecule has 5 nitrogen and oxygen atoms in total. The zero-order valence-corrected chi connectivity index (χ0v) is 18.9. The van der Waals surface area contributed by atoms with E-state index in [1.165, 1.54) is 31.5 Å². The Morgan fingerprint density at radius 3 is 2.59 bits per heavy atom. The molecule has 2 saturated heterocycles. The zero-order valence-electron chi connectivity index (χ0n) is 18.9. The molecule has 2 unspecified atom stereocenters. The minimum atomic E-state index is -0.227. The minimum absolute atomic E-state index is 0.122. The normalized spacial score (nSPS) is 21.4. The Labute approximate surface area is 190 Å². The molecule has 0 saturated carbocycles. The molecule has 2 aromatic carbocycles. The SMILES string of the molecule is CC1CCCN1CCCOc1ccc(N2C(=O)CCC2CNCc2ccc(F)cc2)cc1. The maximum atomic E-state index is 13.1. The average molecular weight is 440 g/mol. The van der Waals surface area contributed by atoms with E-state index in [-0.39, 0.29) is 17.8 Å². The van der Waals surface area contributed by atoms with E-state index in [1.54, 1.807) is 12.1 Å². The fraction of sp³-hybridized carbons (Fsp3) is 0.500. The molecule has 2 atom stereocenters. The van der Waals surface area contributed by atoms with Gasteiger partial charge in [-0.3, -0.25) is 4.79 Å². The van der Waals surface area contributed by atoms with Crippen LogP contribution in [0.25, 0.3) is 0 Å². The Hall–Kier alpha value is -2.44. The predicted octanol–water partition coefficient (Wildman–Crippen LogP) is 4.36. The highest BCUT2D eigenvalue weighted by molar-refractivity contribution is 5.96. The summed E-state index contributed by atoms with van der Waals surface area (Å²) in [5, 5.41) is 3.41. The largest absolute Gasteiger partial charge is 0.494 e. The zero-order chi connectivity index (χ0) is 22.3. The lowest BCUT2D eigenvalue weighted by atomic mass is 10.2. The van der Waals surface area contributed by atoms with Gasteiger partial charge in [0.2, 0.25) is 5.91 Å². The molecule has 2 heterocycles. The van der Waals surface area contributed by atoms with Gasteiger partial charge in [0, 0.05) is 43.8 Å². The highest BCUT2D eigenvalue weighted by Gasteiger charge is 2.31.